The van der Waals surface area contributed by atoms with E-state index in [2.05, 4.69) is 15.9 Å². The summed E-state index contributed by atoms with van der Waals surface area (Å²) in [5, 5.41) is 0. The number of aryl methyl sites for hydroxylation is 1. The van der Waals surface area contributed by atoms with Crippen LogP contribution in [0.4, 0.5) is 0 Å². The molecule has 1 unspecified atom stereocenters. The molecule has 0 saturated carbocycles. The number of carbonyl (C=O) groups is 1. The van der Waals surface area contributed by atoms with Crippen LogP contribution in [0, 0.1) is 6.92 Å². The van der Waals surface area contributed by atoms with Crippen molar-refractivity contribution in [1.82, 2.24) is 4.90 Å². The molecule has 0 spiro atoms. The number of alkyl halides is 1. The number of hydrogen-bond acceptors (Lipinski definition) is 1. The fourth-order valence-corrected chi connectivity index (χ4v) is 3.56. The van der Waals surface area contributed by atoms with E-state index in [4.69, 9.17) is 11.6 Å². The second-order valence-electron chi connectivity index (χ2n) is 5.11. The zero-order valence-electron chi connectivity index (χ0n) is 11.2. The second kappa shape index (κ2) is 6.76. The van der Waals surface area contributed by atoms with Crippen LogP contribution in [0.15, 0.2) is 22.7 Å². The third-order valence-electron chi connectivity index (χ3n) is 3.69. The lowest BCUT2D eigenvalue weighted by Gasteiger charge is -2.35. The molecule has 19 heavy (non-hydrogen) atoms. The molecule has 0 N–H and O–H groups in total. The lowest BCUT2D eigenvalue weighted by Crippen LogP contribution is -2.44. The van der Waals surface area contributed by atoms with Gasteiger partial charge in [0.2, 0.25) is 0 Å². The van der Waals surface area contributed by atoms with Crippen molar-refractivity contribution in [3.63, 3.8) is 0 Å². The minimum atomic E-state index is 0.127. The maximum Gasteiger partial charge on any atom is 0.255 e. The monoisotopic (exact) mass is 343 g/mol. The predicted molar refractivity (Wildman–Crippen MR) is 82.9 cm³/mol. The predicted octanol–water partition coefficient (Wildman–Crippen LogP) is 4.38. The highest BCUT2D eigenvalue weighted by atomic mass is 79.9. The van der Waals surface area contributed by atoms with Gasteiger partial charge in [-0.15, -0.1) is 11.6 Å². The number of hydrogen-bond donors (Lipinski definition) is 0. The summed E-state index contributed by atoms with van der Waals surface area (Å²) < 4.78 is 0.882. The quantitative estimate of drug-likeness (QED) is 0.745. The summed E-state index contributed by atoms with van der Waals surface area (Å²) >= 11 is 9.36. The molecule has 1 amide bonds. The Bertz CT molecular complexity index is 461. The molecule has 2 rings (SSSR count). The molecule has 2 nitrogen and oxygen atoms in total. The molecular formula is C15H19BrClNO. The summed E-state index contributed by atoms with van der Waals surface area (Å²) in [6.07, 6.45) is 4.24. The second-order valence-corrected chi connectivity index (χ2v) is 6.34. The van der Waals surface area contributed by atoms with E-state index in [0.717, 1.165) is 41.4 Å². The smallest absolute Gasteiger partial charge is 0.255 e. The number of halogens is 2. The average Bonchev–Trinajstić information content (AvgIpc) is 2.39. The Morgan fingerprint density at radius 1 is 1.47 bits per heavy atom. The first-order valence-corrected chi connectivity index (χ1v) is 8.09. The van der Waals surface area contributed by atoms with Crippen molar-refractivity contribution in [2.75, 3.05) is 12.4 Å². The van der Waals surface area contributed by atoms with Gasteiger partial charge in [-0.05, 0) is 66.2 Å². The van der Waals surface area contributed by atoms with Crippen LogP contribution in [-0.4, -0.2) is 29.3 Å². The summed E-state index contributed by atoms with van der Waals surface area (Å²) in [4.78, 5) is 14.7. The van der Waals surface area contributed by atoms with Gasteiger partial charge in [-0.1, -0.05) is 6.07 Å². The Kier molecular flexibility index (Phi) is 5.28. The largest absolute Gasteiger partial charge is 0.336 e. The summed E-state index contributed by atoms with van der Waals surface area (Å²) in [5.41, 5.74) is 1.91. The van der Waals surface area contributed by atoms with Gasteiger partial charge in [-0.2, -0.15) is 0 Å². The van der Waals surface area contributed by atoms with Crippen molar-refractivity contribution in [1.29, 1.82) is 0 Å². The van der Waals surface area contributed by atoms with Gasteiger partial charge >= 0.3 is 0 Å². The van der Waals surface area contributed by atoms with Gasteiger partial charge in [0.25, 0.3) is 5.91 Å². The first kappa shape index (κ1) is 14.9. The Hall–Kier alpha value is -0.540. The number of likely N-dealkylation sites (tertiary alicyclic amines) is 1. The van der Waals surface area contributed by atoms with Crippen molar-refractivity contribution in [2.24, 2.45) is 0 Å². The van der Waals surface area contributed by atoms with E-state index in [1.807, 2.05) is 30.0 Å². The third-order valence-corrected chi connectivity index (χ3v) is 4.56. The van der Waals surface area contributed by atoms with E-state index < -0.39 is 0 Å². The van der Waals surface area contributed by atoms with E-state index in [1.54, 1.807) is 0 Å². The molecule has 1 aromatic rings. The molecule has 0 aromatic heterocycles. The van der Waals surface area contributed by atoms with Crippen LogP contribution in [-0.2, 0) is 0 Å². The minimum absolute atomic E-state index is 0.127. The van der Waals surface area contributed by atoms with Crippen LogP contribution < -0.4 is 0 Å². The Morgan fingerprint density at radius 2 is 2.26 bits per heavy atom. The highest BCUT2D eigenvalue weighted by Gasteiger charge is 2.27. The van der Waals surface area contributed by atoms with Gasteiger partial charge in [0, 0.05) is 22.9 Å². The lowest BCUT2D eigenvalue weighted by atomic mass is 9.98. The minimum Gasteiger partial charge on any atom is -0.336 e. The summed E-state index contributed by atoms with van der Waals surface area (Å²) in [6.45, 7) is 2.87. The van der Waals surface area contributed by atoms with Crippen LogP contribution in [0.2, 0.25) is 0 Å². The van der Waals surface area contributed by atoms with Crippen molar-refractivity contribution >= 4 is 33.4 Å². The summed E-state index contributed by atoms with van der Waals surface area (Å²) in [6, 6.07) is 6.19. The van der Waals surface area contributed by atoms with Gasteiger partial charge in [0.1, 0.15) is 0 Å². The van der Waals surface area contributed by atoms with Gasteiger partial charge in [0.15, 0.2) is 0 Å². The molecule has 0 bridgehead atoms. The number of rotatable bonds is 3. The van der Waals surface area contributed by atoms with E-state index >= 15 is 0 Å². The molecule has 1 atom stereocenters. The van der Waals surface area contributed by atoms with Gasteiger partial charge in [-0.25, -0.2) is 0 Å². The Balaban J connectivity index is 2.21. The highest BCUT2D eigenvalue weighted by Crippen LogP contribution is 2.26. The van der Waals surface area contributed by atoms with E-state index in [0.29, 0.717) is 11.9 Å². The molecule has 4 heteroatoms. The molecule has 1 saturated heterocycles. The Morgan fingerprint density at radius 3 is 2.95 bits per heavy atom. The van der Waals surface area contributed by atoms with Crippen LogP contribution in [0.5, 0.6) is 0 Å². The zero-order valence-corrected chi connectivity index (χ0v) is 13.5. The highest BCUT2D eigenvalue weighted by molar-refractivity contribution is 9.10. The van der Waals surface area contributed by atoms with E-state index in [1.165, 1.54) is 6.42 Å². The molecule has 0 radical (unpaired) electrons. The van der Waals surface area contributed by atoms with E-state index in [9.17, 15) is 4.79 Å². The maximum atomic E-state index is 12.7. The molecule has 1 heterocycles. The number of benzene rings is 1. The fourth-order valence-electron chi connectivity index (χ4n) is 2.64. The molecule has 1 aliphatic rings. The standard InChI is InChI=1S/C15H19BrClNO/c1-11-5-6-13(14(16)10-11)15(19)18-9-3-2-4-12(18)7-8-17/h5-6,10,12H,2-4,7-9H2,1H3. The molecule has 104 valence electrons. The Labute approximate surface area is 128 Å². The van der Waals surface area contributed by atoms with Crippen LogP contribution >= 0.6 is 27.5 Å². The van der Waals surface area contributed by atoms with Crippen molar-refractivity contribution < 1.29 is 4.79 Å². The molecule has 1 aromatic carbocycles. The number of amides is 1. The van der Waals surface area contributed by atoms with Gasteiger partial charge < -0.3 is 4.90 Å². The van der Waals surface area contributed by atoms with Crippen LogP contribution in [0.25, 0.3) is 0 Å². The molecule has 1 aliphatic heterocycles. The number of nitrogens with zero attached hydrogens (tertiary/aromatic N) is 1. The van der Waals surface area contributed by atoms with Crippen molar-refractivity contribution in [2.45, 2.75) is 38.6 Å². The number of piperidine rings is 1. The summed E-state index contributed by atoms with van der Waals surface area (Å²) in [5.74, 6) is 0.741. The fraction of sp³-hybridized carbons (Fsp3) is 0.533. The topological polar surface area (TPSA) is 20.3 Å². The third kappa shape index (κ3) is 3.51. The maximum absolute atomic E-state index is 12.7. The van der Waals surface area contributed by atoms with Gasteiger partial charge in [0.05, 0.1) is 5.56 Å². The lowest BCUT2D eigenvalue weighted by molar-refractivity contribution is 0.0608. The molecule has 0 aliphatic carbocycles. The SMILES string of the molecule is Cc1ccc(C(=O)N2CCCCC2CCCl)c(Br)c1. The summed E-state index contributed by atoms with van der Waals surface area (Å²) in [7, 11) is 0. The normalized spacial score (nSPS) is 19.5. The molecular weight excluding hydrogens is 326 g/mol. The first-order valence-electron chi connectivity index (χ1n) is 6.76. The van der Waals surface area contributed by atoms with Crippen molar-refractivity contribution in [3.8, 4) is 0 Å². The van der Waals surface area contributed by atoms with E-state index in [-0.39, 0.29) is 5.91 Å². The average molecular weight is 345 g/mol. The van der Waals surface area contributed by atoms with Crippen LogP contribution in [0.1, 0.15) is 41.6 Å². The first-order chi connectivity index (χ1) is 9.13. The molecule has 1 fully saturated rings. The zero-order chi connectivity index (χ0) is 13.8. The van der Waals surface area contributed by atoms with Crippen molar-refractivity contribution in [3.05, 3.63) is 33.8 Å². The van der Waals surface area contributed by atoms with Gasteiger partial charge in [-0.3, -0.25) is 4.79 Å². The van der Waals surface area contributed by atoms with Crippen LogP contribution in [0.3, 0.4) is 0 Å². The number of carbonyl (C=O) groups excluding carboxylic acids is 1.